The summed E-state index contributed by atoms with van der Waals surface area (Å²) in [5.74, 6) is 0.684. The Morgan fingerprint density at radius 3 is 2.57 bits per heavy atom. The first-order chi connectivity index (χ1) is 6.68. The molecule has 0 aliphatic rings. The Morgan fingerprint density at radius 2 is 2.00 bits per heavy atom. The molecule has 0 aliphatic heterocycles. The summed E-state index contributed by atoms with van der Waals surface area (Å²) in [7, 11) is 0. The van der Waals surface area contributed by atoms with Crippen LogP contribution >= 0.6 is 0 Å². The van der Waals surface area contributed by atoms with Crippen molar-refractivity contribution in [3.63, 3.8) is 0 Å². The van der Waals surface area contributed by atoms with Gasteiger partial charge < -0.3 is 9.88 Å². The van der Waals surface area contributed by atoms with Crippen molar-refractivity contribution in [3.05, 3.63) is 34.7 Å². The van der Waals surface area contributed by atoms with E-state index in [2.05, 4.69) is 19.2 Å². The molecule has 0 fully saturated rings. The highest BCUT2D eigenvalue weighted by Gasteiger charge is 1.92. The fraction of sp³-hybridized carbons (Fsp3) is 0.545. The summed E-state index contributed by atoms with van der Waals surface area (Å²) in [6, 6.07) is 3.17. The van der Waals surface area contributed by atoms with Crippen molar-refractivity contribution in [2.24, 2.45) is 5.92 Å². The first-order valence-corrected chi connectivity index (χ1v) is 5.05. The number of nitrogens with one attached hydrogen (secondary N) is 1. The minimum absolute atomic E-state index is 0.0661. The minimum Gasteiger partial charge on any atom is -0.353 e. The zero-order chi connectivity index (χ0) is 10.4. The van der Waals surface area contributed by atoms with Crippen molar-refractivity contribution < 1.29 is 0 Å². The normalized spacial score (nSPS) is 10.8. The minimum atomic E-state index is 0.0661. The molecule has 0 radical (unpaired) electrons. The molecule has 0 saturated heterocycles. The van der Waals surface area contributed by atoms with E-state index in [9.17, 15) is 4.79 Å². The number of rotatable bonds is 5. The van der Waals surface area contributed by atoms with Gasteiger partial charge in [-0.2, -0.15) is 0 Å². The third kappa shape index (κ3) is 4.23. The second kappa shape index (κ2) is 5.60. The maximum Gasteiger partial charge on any atom is 0.181 e. The predicted molar refractivity (Wildman–Crippen MR) is 58.4 cm³/mol. The van der Waals surface area contributed by atoms with Crippen molar-refractivity contribution >= 4 is 0 Å². The summed E-state index contributed by atoms with van der Waals surface area (Å²) in [6.45, 7) is 7.27. The Morgan fingerprint density at radius 1 is 1.36 bits per heavy atom. The number of aromatic nitrogens is 1. The summed E-state index contributed by atoms with van der Waals surface area (Å²) in [5.41, 5.74) is 0.0661. The van der Waals surface area contributed by atoms with Gasteiger partial charge in [0.25, 0.3) is 0 Å². The molecule has 0 saturated carbocycles. The van der Waals surface area contributed by atoms with E-state index in [1.807, 2.05) is 17.0 Å². The van der Waals surface area contributed by atoms with Crippen molar-refractivity contribution in [1.82, 2.24) is 9.88 Å². The highest BCUT2D eigenvalue weighted by molar-refractivity contribution is 4.93. The topological polar surface area (TPSA) is 34.0 Å². The van der Waals surface area contributed by atoms with Gasteiger partial charge in [-0.3, -0.25) is 4.79 Å². The van der Waals surface area contributed by atoms with Gasteiger partial charge >= 0.3 is 0 Å². The average Bonchev–Trinajstić information content (AvgIpc) is 2.15. The van der Waals surface area contributed by atoms with Gasteiger partial charge in [0.2, 0.25) is 0 Å². The van der Waals surface area contributed by atoms with Crippen LogP contribution in [0.4, 0.5) is 0 Å². The molecule has 1 heterocycles. The smallest absolute Gasteiger partial charge is 0.181 e. The standard InChI is InChI=1S/C11H18N2O/c1-10(2)9-12-5-8-13-6-3-11(14)4-7-13/h3-4,6-7,10,12H,5,8-9H2,1-2H3. The third-order valence-corrected chi connectivity index (χ3v) is 1.96. The van der Waals surface area contributed by atoms with Crippen molar-refractivity contribution in [3.8, 4) is 0 Å². The third-order valence-electron chi connectivity index (χ3n) is 1.96. The summed E-state index contributed by atoms with van der Waals surface area (Å²) in [4.78, 5) is 10.8. The van der Waals surface area contributed by atoms with Crippen LogP contribution in [-0.2, 0) is 6.54 Å². The van der Waals surface area contributed by atoms with Crippen molar-refractivity contribution in [1.29, 1.82) is 0 Å². The molecule has 0 aliphatic carbocycles. The van der Waals surface area contributed by atoms with E-state index >= 15 is 0 Å². The van der Waals surface area contributed by atoms with Crippen LogP contribution in [-0.4, -0.2) is 17.7 Å². The summed E-state index contributed by atoms with van der Waals surface area (Å²) >= 11 is 0. The van der Waals surface area contributed by atoms with Crippen LogP contribution in [0.3, 0.4) is 0 Å². The van der Waals surface area contributed by atoms with Crippen molar-refractivity contribution in [2.45, 2.75) is 20.4 Å². The molecule has 0 aromatic carbocycles. The molecule has 0 atom stereocenters. The molecular formula is C11H18N2O. The molecule has 78 valence electrons. The van der Waals surface area contributed by atoms with Gasteiger partial charge in [0.1, 0.15) is 0 Å². The second-order valence-electron chi connectivity index (χ2n) is 3.87. The van der Waals surface area contributed by atoms with Crippen LogP contribution in [0.1, 0.15) is 13.8 Å². The molecule has 1 N–H and O–H groups in total. The Hall–Kier alpha value is -1.09. The average molecular weight is 194 g/mol. The van der Waals surface area contributed by atoms with E-state index in [0.717, 1.165) is 19.6 Å². The van der Waals surface area contributed by atoms with E-state index in [4.69, 9.17) is 0 Å². The summed E-state index contributed by atoms with van der Waals surface area (Å²) in [5, 5.41) is 3.35. The van der Waals surface area contributed by atoms with E-state index in [1.165, 1.54) is 0 Å². The first-order valence-electron chi connectivity index (χ1n) is 5.05. The Kier molecular flexibility index (Phi) is 4.40. The van der Waals surface area contributed by atoms with Crippen LogP contribution in [0, 0.1) is 5.92 Å². The predicted octanol–water partition coefficient (Wildman–Crippen LogP) is 1.09. The maximum absolute atomic E-state index is 10.8. The van der Waals surface area contributed by atoms with E-state index in [-0.39, 0.29) is 5.43 Å². The summed E-state index contributed by atoms with van der Waals surface area (Å²) < 4.78 is 2.01. The zero-order valence-electron chi connectivity index (χ0n) is 8.86. The van der Waals surface area contributed by atoms with Gasteiger partial charge in [-0.25, -0.2) is 0 Å². The van der Waals surface area contributed by atoms with Gasteiger partial charge in [0, 0.05) is 37.6 Å². The monoisotopic (exact) mass is 194 g/mol. The first kappa shape index (κ1) is 11.0. The number of nitrogens with zero attached hydrogens (tertiary/aromatic N) is 1. The quantitative estimate of drug-likeness (QED) is 0.712. The molecule has 0 unspecified atom stereocenters. The molecule has 3 heteroatoms. The lowest BCUT2D eigenvalue weighted by Crippen LogP contribution is -2.24. The Labute approximate surface area is 84.8 Å². The fourth-order valence-electron chi connectivity index (χ4n) is 1.19. The lowest BCUT2D eigenvalue weighted by Gasteiger charge is -2.08. The molecule has 1 aromatic heterocycles. The molecule has 0 spiro atoms. The molecule has 1 rings (SSSR count). The largest absolute Gasteiger partial charge is 0.353 e. The highest BCUT2D eigenvalue weighted by Crippen LogP contribution is 1.87. The molecule has 14 heavy (non-hydrogen) atoms. The lowest BCUT2D eigenvalue weighted by atomic mass is 10.2. The van der Waals surface area contributed by atoms with E-state index in [0.29, 0.717) is 5.92 Å². The summed E-state index contributed by atoms with van der Waals surface area (Å²) in [6.07, 6.45) is 3.64. The maximum atomic E-state index is 10.8. The van der Waals surface area contributed by atoms with Crippen molar-refractivity contribution in [2.75, 3.05) is 13.1 Å². The van der Waals surface area contributed by atoms with Gasteiger partial charge in [-0.05, 0) is 12.5 Å². The Bertz CT molecular complexity index is 297. The molecule has 0 bridgehead atoms. The van der Waals surface area contributed by atoms with Crippen LogP contribution in [0.25, 0.3) is 0 Å². The lowest BCUT2D eigenvalue weighted by molar-refractivity contribution is 0.524. The zero-order valence-corrected chi connectivity index (χ0v) is 8.86. The van der Waals surface area contributed by atoms with Crippen LogP contribution in [0.2, 0.25) is 0 Å². The Balaban J connectivity index is 2.25. The molecular weight excluding hydrogens is 176 g/mol. The van der Waals surface area contributed by atoms with Gasteiger partial charge in [0.15, 0.2) is 5.43 Å². The number of pyridine rings is 1. The van der Waals surface area contributed by atoms with Gasteiger partial charge in [-0.15, -0.1) is 0 Å². The highest BCUT2D eigenvalue weighted by atomic mass is 16.1. The van der Waals surface area contributed by atoms with Crippen LogP contribution in [0.15, 0.2) is 29.3 Å². The molecule has 0 amide bonds. The van der Waals surface area contributed by atoms with Crippen LogP contribution < -0.4 is 10.7 Å². The SMILES string of the molecule is CC(C)CNCCn1ccc(=O)cc1. The molecule has 1 aromatic rings. The van der Waals surface area contributed by atoms with E-state index in [1.54, 1.807) is 12.1 Å². The number of hydrogen-bond donors (Lipinski definition) is 1. The second-order valence-corrected chi connectivity index (χ2v) is 3.87. The molecule has 3 nitrogen and oxygen atoms in total. The van der Waals surface area contributed by atoms with Crippen LogP contribution in [0.5, 0.6) is 0 Å². The van der Waals surface area contributed by atoms with Gasteiger partial charge in [-0.1, -0.05) is 13.8 Å². The van der Waals surface area contributed by atoms with E-state index < -0.39 is 0 Å². The number of hydrogen-bond acceptors (Lipinski definition) is 2. The fourth-order valence-corrected chi connectivity index (χ4v) is 1.19. The van der Waals surface area contributed by atoms with Gasteiger partial charge in [0.05, 0.1) is 0 Å².